The van der Waals surface area contributed by atoms with Gasteiger partial charge in [0, 0.05) is 18.4 Å². The lowest BCUT2D eigenvalue weighted by molar-refractivity contribution is 0.0995. The summed E-state index contributed by atoms with van der Waals surface area (Å²) in [5.41, 5.74) is 6.25. The highest BCUT2D eigenvalue weighted by molar-refractivity contribution is 7.80. The van der Waals surface area contributed by atoms with Gasteiger partial charge in [-0.05, 0) is 37.3 Å². The molecule has 0 aliphatic heterocycles. The van der Waals surface area contributed by atoms with Gasteiger partial charge in [-0.2, -0.15) is 5.10 Å². The van der Waals surface area contributed by atoms with Crippen molar-refractivity contribution in [3.05, 3.63) is 40.9 Å². The molecule has 0 spiro atoms. The van der Waals surface area contributed by atoms with Gasteiger partial charge in [-0.25, -0.2) is 4.39 Å². The van der Waals surface area contributed by atoms with Crippen LogP contribution in [0.15, 0.2) is 24.4 Å². The third-order valence-corrected chi connectivity index (χ3v) is 3.24. The fourth-order valence-electron chi connectivity index (χ4n) is 1.72. The predicted molar refractivity (Wildman–Crippen MR) is 87.7 cm³/mol. The smallest absolute Gasteiger partial charge is 0.271 e. The topological polar surface area (TPSA) is 85.0 Å². The Morgan fingerprint density at radius 1 is 1.50 bits per heavy atom. The minimum absolute atomic E-state index is 0.0237. The van der Waals surface area contributed by atoms with Crippen molar-refractivity contribution >= 4 is 46.2 Å². The van der Waals surface area contributed by atoms with Crippen LogP contribution >= 0.6 is 23.8 Å². The molecule has 1 amide bonds. The average molecular weight is 342 g/mol. The number of thiocarbonyl (C=S) groups is 1. The molecule has 4 N–H and O–H groups in total. The summed E-state index contributed by atoms with van der Waals surface area (Å²) < 4.78 is 14.7. The number of nitrogens with one attached hydrogen (secondary N) is 2. The van der Waals surface area contributed by atoms with Gasteiger partial charge in [-0.15, -0.1) is 0 Å². The summed E-state index contributed by atoms with van der Waals surface area (Å²) in [5.74, 6) is -1.19. The number of benzene rings is 1. The number of anilines is 2. The molecule has 6 nitrogen and oxygen atoms in total. The number of amides is 1. The van der Waals surface area contributed by atoms with Crippen LogP contribution in [0, 0.1) is 5.82 Å². The molecule has 22 heavy (non-hydrogen) atoms. The Balaban J connectivity index is 2.13. The Hall–Kier alpha value is -2.19. The molecular formula is C13H13ClFN5OS. The largest absolute Gasteiger partial charge is 0.364 e. The highest BCUT2D eigenvalue weighted by Crippen LogP contribution is 2.20. The van der Waals surface area contributed by atoms with Crippen molar-refractivity contribution in [1.29, 1.82) is 0 Å². The molecule has 9 heteroatoms. The zero-order chi connectivity index (χ0) is 16.3. The number of primary amides is 1. The first-order valence-corrected chi connectivity index (χ1v) is 7.09. The molecule has 2 aromatic rings. The maximum Gasteiger partial charge on any atom is 0.271 e. The van der Waals surface area contributed by atoms with Crippen LogP contribution in [-0.4, -0.2) is 20.8 Å². The van der Waals surface area contributed by atoms with Gasteiger partial charge in [0.15, 0.2) is 10.8 Å². The quantitative estimate of drug-likeness (QED) is 0.744. The van der Waals surface area contributed by atoms with Crippen molar-refractivity contribution in [2.45, 2.75) is 13.5 Å². The van der Waals surface area contributed by atoms with E-state index in [0.717, 1.165) is 0 Å². The number of carbonyl (C=O) groups is 1. The summed E-state index contributed by atoms with van der Waals surface area (Å²) >= 11 is 10.8. The summed E-state index contributed by atoms with van der Waals surface area (Å²) in [6.07, 6.45) is 1.62. The third kappa shape index (κ3) is 3.71. The van der Waals surface area contributed by atoms with Crippen molar-refractivity contribution in [2.75, 3.05) is 10.6 Å². The van der Waals surface area contributed by atoms with Crippen LogP contribution in [0.25, 0.3) is 0 Å². The number of nitrogens with zero attached hydrogens (tertiary/aromatic N) is 2. The lowest BCUT2D eigenvalue weighted by atomic mass is 10.3. The van der Waals surface area contributed by atoms with E-state index >= 15 is 0 Å². The first-order valence-electron chi connectivity index (χ1n) is 6.31. The molecule has 116 valence electrons. The van der Waals surface area contributed by atoms with E-state index in [1.165, 1.54) is 18.2 Å². The molecule has 1 aromatic heterocycles. The number of hydrogen-bond donors (Lipinski definition) is 3. The molecule has 0 unspecified atom stereocenters. The summed E-state index contributed by atoms with van der Waals surface area (Å²) in [5, 5.41) is 9.87. The number of carbonyl (C=O) groups excluding carboxylic acids is 1. The molecule has 0 saturated carbocycles. The Bertz CT molecular complexity index is 733. The first kappa shape index (κ1) is 16.2. The molecule has 0 radical (unpaired) electrons. The van der Waals surface area contributed by atoms with E-state index in [2.05, 4.69) is 15.7 Å². The van der Waals surface area contributed by atoms with Gasteiger partial charge >= 0.3 is 0 Å². The van der Waals surface area contributed by atoms with Gasteiger partial charge in [0.25, 0.3) is 5.91 Å². The van der Waals surface area contributed by atoms with Crippen molar-refractivity contribution in [1.82, 2.24) is 9.78 Å². The van der Waals surface area contributed by atoms with Crippen molar-refractivity contribution < 1.29 is 9.18 Å². The van der Waals surface area contributed by atoms with Gasteiger partial charge in [-0.3, -0.25) is 9.48 Å². The minimum Gasteiger partial charge on any atom is -0.364 e. The molecule has 0 atom stereocenters. The number of nitrogens with two attached hydrogens (primary N) is 1. The summed E-state index contributed by atoms with van der Waals surface area (Å²) in [7, 11) is 0. The molecular weight excluding hydrogens is 329 g/mol. The van der Waals surface area contributed by atoms with Gasteiger partial charge < -0.3 is 16.4 Å². The molecule has 0 saturated heterocycles. The molecule has 0 fully saturated rings. The maximum absolute atomic E-state index is 13.1. The van der Waals surface area contributed by atoms with Crippen LogP contribution in [0.5, 0.6) is 0 Å². The monoisotopic (exact) mass is 341 g/mol. The number of halogens is 2. The lowest BCUT2D eigenvalue weighted by Gasteiger charge is -2.10. The molecule has 0 bridgehead atoms. The van der Waals surface area contributed by atoms with E-state index in [0.29, 0.717) is 17.9 Å². The molecule has 1 heterocycles. The molecule has 2 rings (SSSR count). The van der Waals surface area contributed by atoms with Crippen molar-refractivity contribution in [3.8, 4) is 0 Å². The van der Waals surface area contributed by atoms with Crippen molar-refractivity contribution in [2.24, 2.45) is 5.73 Å². The van der Waals surface area contributed by atoms with E-state index in [1.54, 1.807) is 10.9 Å². The Labute approximate surface area is 136 Å². The summed E-state index contributed by atoms with van der Waals surface area (Å²) in [6.45, 7) is 2.45. The van der Waals surface area contributed by atoms with Crippen LogP contribution in [0.2, 0.25) is 5.02 Å². The number of hydrogen-bond acceptors (Lipinski definition) is 3. The second-order valence-corrected chi connectivity index (χ2v) is 5.13. The molecule has 1 aromatic carbocycles. The van der Waals surface area contributed by atoms with Gasteiger partial charge in [-0.1, -0.05) is 11.6 Å². The zero-order valence-electron chi connectivity index (χ0n) is 11.6. The van der Waals surface area contributed by atoms with Crippen LogP contribution in [0.1, 0.15) is 17.4 Å². The highest BCUT2D eigenvalue weighted by atomic mass is 35.5. The second-order valence-electron chi connectivity index (χ2n) is 4.32. The van der Waals surface area contributed by atoms with Gasteiger partial charge in [0.2, 0.25) is 0 Å². The first-order chi connectivity index (χ1) is 10.4. The fourth-order valence-corrected chi connectivity index (χ4v) is 2.12. The predicted octanol–water partition coefficient (Wildman–Crippen LogP) is 2.60. The lowest BCUT2D eigenvalue weighted by Crippen LogP contribution is -2.21. The molecule has 0 aliphatic carbocycles. The third-order valence-electron chi connectivity index (χ3n) is 2.74. The fraction of sp³-hybridized carbons (Fsp3) is 0.154. The maximum atomic E-state index is 13.1. The van der Waals surface area contributed by atoms with Crippen LogP contribution in [-0.2, 0) is 6.54 Å². The van der Waals surface area contributed by atoms with Crippen LogP contribution in [0.3, 0.4) is 0 Å². The van der Waals surface area contributed by atoms with E-state index in [1.807, 2.05) is 6.92 Å². The van der Waals surface area contributed by atoms with Gasteiger partial charge in [0.1, 0.15) is 5.82 Å². The minimum atomic E-state index is -0.665. The zero-order valence-corrected chi connectivity index (χ0v) is 13.1. The van der Waals surface area contributed by atoms with E-state index in [9.17, 15) is 9.18 Å². The van der Waals surface area contributed by atoms with E-state index in [4.69, 9.17) is 29.6 Å². The standard InChI is InChI=1S/C13H13ClFN5OS/c1-2-20-6-10(11(19-20)12(16)21)18-13(22)17-7-3-4-9(15)8(14)5-7/h3-6H,2H2,1H3,(H2,16,21)(H2,17,18,22). The van der Waals surface area contributed by atoms with Gasteiger partial charge in [0.05, 0.1) is 10.7 Å². The van der Waals surface area contributed by atoms with E-state index in [-0.39, 0.29) is 15.8 Å². The van der Waals surface area contributed by atoms with Crippen LogP contribution in [0.4, 0.5) is 15.8 Å². The van der Waals surface area contributed by atoms with Crippen molar-refractivity contribution in [3.63, 3.8) is 0 Å². The highest BCUT2D eigenvalue weighted by Gasteiger charge is 2.15. The Morgan fingerprint density at radius 3 is 2.82 bits per heavy atom. The Kier molecular flexibility index (Phi) is 4.94. The van der Waals surface area contributed by atoms with E-state index < -0.39 is 11.7 Å². The summed E-state index contributed by atoms with van der Waals surface area (Å²) in [6, 6.07) is 4.10. The SMILES string of the molecule is CCn1cc(NC(=S)Nc2ccc(F)c(Cl)c2)c(C(N)=O)n1. The number of aryl methyl sites for hydroxylation is 1. The normalized spacial score (nSPS) is 10.3. The number of aromatic nitrogens is 2. The second kappa shape index (κ2) is 6.71. The average Bonchev–Trinajstić information content (AvgIpc) is 2.86. The molecule has 0 aliphatic rings. The van der Waals surface area contributed by atoms with Crippen LogP contribution < -0.4 is 16.4 Å². The summed E-state index contributed by atoms with van der Waals surface area (Å²) in [4.78, 5) is 11.4. The Morgan fingerprint density at radius 2 is 2.23 bits per heavy atom. The number of rotatable bonds is 4.